The molecule has 3 rings (SSSR count). The summed E-state index contributed by atoms with van der Waals surface area (Å²) in [6, 6.07) is 11.7. The van der Waals surface area contributed by atoms with Crippen LogP contribution in [0.25, 0.3) is 22.3 Å². The minimum absolute atomic E-state index is 0.0698. The number of hydrogen-bond donors (Lipinski definition) is 1. The van der Waals surface area contributed by atoms with E-state index in [2.05, 4.69) is 0 Å². The molecule has 0 fully saturated rings. The normalized spacial score (nSPS) is 12.1. The van der Waals surface area contributed by atoms with Crippen molar-refractivity contribution in [3.8, 4) is 17.1 Å². The molecule has 26 heavy (non-hydrogen) atoms. The van der Waals surface area contributed by atoms with Crippen molar-refractivity contribution < 1.29 is 19.1 Å². The summed E-state index contributed by atoms with van der Waals surface area (Å²) in [7, 11) is 1.40. The molecule has 1 aromatic heterocycles. The van der Waals surface area contributed by atoms with Gasteiger partial charge in [0.15, 0.2) is 5.76 Å². The van der Waals surface area contributed by atoms with Crippen molar-refractivity contribution in [2.75, 3.05) is 7.11 Å². The molecule has 0 spiro atoms. The summed E-state index contributed by atoms with van der Waals surface area (Å²) in [4.78, 5) is 24.3. The Balaban J connectivity index is 2.24. The zero-order valence-corrected chi connectivity index (χ0v) is 15.0. The number of aliphatic carboxylic acids is 1. The Hall–Kier alpha value is -2.79. The van der Waals surface area contributed by atoms with Crippen LogP contribution in [-0.4, -0.2) is 18.2 Å². The fraction of sp³-hybridized carbons (Fsp3) is 0.200. The van der Waals surface area contributed by atoms with E-state index < -0.39 is 11.9 Å². The first-order valence-corrected chi connectivity index (χ1v) is 8.47. The van der Waals surface area contributed by atoms with Gasteiger partial charge in [0, 0.05) is 10.6 Å². The predicted molar refractivity (Wildman–Crippen MR) is 100 cm³/mol. The highest BCUT2D eigenvalue weighted by molar-refractivity contribution is 6.30. The van der Waals surface area contributed by atoms with Crippen molar-refractivity contribution >= 4 is 28.5 Å². The average Bonchev–Trinajstić information content (AvgIpc) is 2.63. The van der Waals surface area contributed by atoms with Crippen LogP contribution in [0.1, 0.15) is 24.8 Å². The van der Waals surface area contributed by atoms with Gasteiger partial charge in [-0.25, -0.2) is 0 Å². The Kier molecular flexibility index (Phi) is 5.00. The highest BCUT2D eigenvalue weighted by Gasteiger charge is 2.21. The van der Waals surface area contributed by atoms with Gasteiger partial charge in [0.2, 0.25) is 11.2 Å². The van der Waals surface area contributed by atoms with Crippen LogP contribution < -0.4 is 10.2 Å². The average molecular weight is 373 g/mol. The Morgan fingerprint density at radius 1 is 1.23 bits per heavy atom. The van der Waals surface area contributed by atoms with E-state index in [1.807, 2.05) is 0 Å². The van der Waals surface area contributed by atoms with Crippen LogP contribution >= 0.6 is 11.6 Å². The first-order valence-electron chi connectivity index (χ1n) is 8.09. The molecule has 1 unspecified atom stereocenters. The molecule has 3 aromatic rings. The lowest BCUT2D eigenvalue weighted by molar-refractivity contribution is -0.138. The van der Waals surface area contributed by atoms with Crippen molar-refractivity contribution in [3.05, 3.63) is 63.3 Å². The van der Waals surface area contributed by atoms with Gasteiger partial charge in [-0.2, -0.15) is 0 Å². The van der Waals surface area contributed by atoms with E-state index >= 15 is 0 Å². The largest absolute Gasteiger partial charge is 0.490 e. The molecule has 0 aliphatic heterocycles. The third-order valence-electron chi connectivity index (χ3n) is 4.29. The van der Waals surface area contributed by atoms with E-state index in [0.29, 0.717) is 33.9 Å². The highest BCUT2D eigenvalue weighted by Crippen LogP contribution is 2.32. The van der Waals surface area contributed by atoms with E-state index in [1.54, 1.807) is 49.4 Å². The van der Waals surface area contributed by atoms with Crippen LogP contribution in [0.3, 0.4) is 0 Å². The summed E-state index contributed by atoms with van der Waals surface area (Å²) >= 11 is 5.91. The molecule has 2 aromatic carbocycles. The number of fused-ring (bicyclic) bond motifs is 1. The summed E-state index contributed by atoms with van der Waals surface area (Å²) in [5.74, 6) is -1.23. The van der Waals surface area contributed by atoms with E-state index in [0.717, 1.165) is 0 Å². The number of ether oxygens (including phenoxy) is 1. The van der Waals surface area contributed by atoms with Crippen molar-refractivity contribution in [2.24, 2.45) is 0 Å². The molecule has 134 valence electrons. The van der Waals surface area contributed by atoms with Gasteiger partial charge in [-0.15, -0.1) is 0 Å². The zero-order chi connectivity index (χ0) is 18.8. The maximum Gasteiger partial charge on any atom is 0.310 e. The van der Waals surface area contributed by atoms with Crippen molar-refractivity contribution in [1.82, 2.24) is 0 Å². The smallest absolute Gasteiger partial charge is 0.310 e. The van der Waals surface area contributed by atoms with E-state index in [-0.39, 0.29) is 16.6 Å². The van der Waals surface area contributed by atoms with Crippen LogP contribution in [0.15, 0.2) is 51.7 Å². The van der Waals surface area contributed by atoms with Gasteiger partial charge in [-0.3, -0.25) is 9.59 Å². The van der Waals surface area contributed by atoms with Gasteiger partial charge >= 0.3 is 5.97 Å². The highest BCUT2D eigenvalue weighted by atomic mass is 35.5. The third-order valence-corrected chi connectivity index (χ3v) is 4.54. The van der Waals surface area contributed by atoms with Crippen LogP contribution in [0.5, 0.6) is 5.75 Å². The van der Waals surface area contributed by atoms with Gasteiger partial charge in [-0.1, -0.05) is 24.6 Å². The second-order valence-electron chi connectivity index (χ2n) is 5.86. The maximum atomic E-state index is 12.9. The molecule has 0 radical (unpaired) electrons. The number of halogens is 1. The molecule has 0 bridgehead atoms. The minimum Gasteiger partial charge on any atom is -0.490 e. The quantitative estimate of drug-likeness (QED) is 0.702. The molecule has 0 saturated carbocycles. The standard InChI is InChI=1S/C20H17ClO5/c1-3-14(20(23)24)12-6-9-16-15(10-12)17(22)19(25-2)18(26-16)11-4-7-13(21)8-5-11/h4-10,14H,3H2,1-2H3,(H,23,24). The van der Waals surface area contributed by atoms with Crippen molar-refractivity contribution in [2.45, 2.75) is 19.3 Å². The fourth-order valence-corrected chi connectivity index (χ4v) is 3.07. The lowest BCUT2D eigenvalue weighted by atomic mass is 9.95. The topological polar surface area (TPSA) is 76.7 Å². The number of carboxylic acid groups (broad SMARTS) is 1. The Morgan fingerprint density at radius 3 is 2.50 bits per heavy atom. The Labute approximate surface area is 154 Å². The number of carboxylic acids is 1. The molecular formula is C20H17ClO5. The Morgan fingerprint density at radius 2 is 1.92 bits per heavy atom. The van der Waals surface area contributed by atoms with E-state index in [9.17, 15) is 14.7 Å². The van der Waals surface area contributed by atoms with Gasteiger partial charge in [0.25, 0.3) is 0 Å². The molecule has 1 N–H and O–H groups in total. The first-order chi connectivity index (χ1) is 12.5. The van der Waals surface area contributed by atoms with Crippen molar-refractivity contribution in [1.29, 1.82) is 0 Å². The van der Waals surface area contributed by atoms with Gasteiger partial charge in [0.05, 0.1) is 18.4 Å². The van der Waals surface area contributed by atoms with E-state index in [1.165, 1.54) is 7.11 Å². The molecule has 1 atom stereocenters. The SMILES string of the molecule is CCC(C(=O)O)c1ccc2oc(-c3ccc(Cl)cc3)c(OC)c(=O)c2c1. The number of benzene rings is 2. The number of rotatable bonds is 5. The number of hydrogen-bond acceptors (Lipinski definition) is 4. The monoisotopic (exact) mass is 372 g/mol. The van der Waals surface area contributed by atoms with Crippen LogP contribution in [0, 0.1) is 0 Å². The second kappa shape index (κ2) is 7.22. The first kappa shape index (κ1) is 18.0. The summed E-state index contributed by atoms with van der Waals surface area (Å²) < 4.78 is 11.2. The van der Waals surface area contributed by atoms with Gasteiger partial charge in [0.1, 0.15) is 5.58 Å². The molecular weight excluding hydrogens is 356 g/mol. The Bertz CT molecular complexity index is 1020. The summed E-state index contributed by atoms with van der Waals surface area (Å²) in [6.07, 6.45) is 0.423. The van der Waals surface area contributed by atoms with Crippen LogP contribution in [-0.2, 0) is 4.79 Å². The zero-order valence-electron chi connectivity index (χ0n) is 14.3. The molecule has 5 nitrogen and oxygen atoms in total. The lowest BCUT2D eigenvalue weighted by Crippen LogP contribution is -2.12. The summed E-state index contributed by atoms with van der Waals surface area (Å²) in [5.41, 5.74) is 1.23. The molecule has 1 heterocycles. The van der Waals surface area contributed by atoms with Gasteiger partial charge in [-0.05, 0) is 48.4 Å². The molecule has 0 saturated heterocycles. The van der Waals surface area contributed by atoms with E-state index in [4.69, 9.17) is 20.8 Å². The number of carbonyl (C=O) groups is 1. The second-order valence-corrected chi connectivity index (χ2v) is 6.29. The fourth-order valence-electron chi connectivity index (χ4n) is 2.94. The molecule has 6 heteroatoms. The molecule has 0 aliphatic rings. The predicted octanol–water partition coefficient (Wildman–Crippen LogP) is 4.70. The van der Waals surface area contributed by atoms with Crippen molar-refractivity contribution in [3.63, 3.8) is 0 Å². The molecule has 0 amide bonds. The van der Waals surface area contributed by atoms with Gasteiger partial charge < -0.3 is 14.3 Å². The molecule has 0 aliphatic carbocycles. The minimum atomic E-state index is -0.930. The summed E-state index contributed by atoms with van der Waals surface area (Å²) in [6.45, 7) is 1.79. The van der Waals surface area contributed by atoms with Crippen LogP contribution in [0.4, 0.5) is 0 Å². The maximum absolute atomic E-state index is 12.9. The summed E-state index contributed by atoms with van der Waals surface area (Å²) in [5, 5.41) is 10.2. The third kappa shape index (κ3) is 3.18. The van der Waals surface area contributed by atoms with Crippen LogP contribution in [0.2, 0.25) is 5.02 Å². The number of methoxy groups -OCH3 is 1. The lowest BCUT2D eigenvalue weighted by Gasteiger charge is -2.13.